The van der Waals surface area contributed by atoms with Gasteiger partial charge in [0.25, 0.3) is 5.91 Å². The molecule has 4 heteroatoms. The highest BCUT2D eigenvalue weighted by atomic mass is 35.5. The van der Waals surface area contributed by atoms with Gasteiger partial charge in [-0.2, -0.15) is 0 Å². The highest BCUT2D eigenvalue weighted by Gasteiger charge is 2.35. The fourth-order valence-electron chi connectivity index (χ4n) is 2.40. The maximum Gasteiger partial charge on any atom is 0.253 e. The lowest BCUT2D eigenvalue weighted by molar-refractivity contribution is 0.0851. The third-order valence-electron chi connectivity index (χ3n) is 3.99. The predicted octanol–water partition coefficient (Wildman–Crippen LogP) is 3.00. The number of halogens is 1. The minimum atomic E-state index is -0.0529. The summed E-state index contributed by atoms with van der Waals surface area (Å²) in [5.41, 5.74) is 7.25. The molecule has 3 nitrogen and oxygen atoms in total. The lowest BCUT2D eigenvalue weighted by Crippen LogP contribution is -2.41. The number of hydrogen-bond donors (Lipinski definition) is 2. The first-order valence-electron chi connectivity index (χ1n) is 6.30. The molecular weight excluding hydrogens is 248 g/mol. The van der Waals surface area contributed by atoms with Crippen molar-refractivity contribution in [3.63, 3.8) is 0 Å². The number of para-hydroxylation sites is 1. The van der Waals surface area contributed by atoms with Crippen LogP contribution in [-0.4, -0.2) is 12.5 Å². The number of rotatable bonds is 4. The van der Waals surface area contributed by atoms with Gasteiger partial charge in [0.1, 0.15) is 0 Å². The second-order valence-electron chi connectivity index (χ2n) is 4.98. The molecule has 1 aromatic rings. The fraction of sp³-hybridized carbons (Fsp3) is 0.500. The van der Waals surface area contributed by atoms with E-state index in [0.29, 0.717) is 16.7 Å². The number of benzene rings is 1. The van der Waals surface area contributed by atoms with E-state index in [-0.39, 0.29) is 18.3 Å². The summed E-state index contributed by atoms with van der Waals surface area (Å²) in [7, 11) is 0. The molecule has 0 aromatic heterocycles. The first-order valence-corrected chi connectivity index (χ1v) is 6.30. The SMILES string of the molecule is CCC1(CNC(=O)c2ccccc2N)CCC1.Cl. The topological polar surface area (TPSA) is 55.1 Å². The van der Waals surface area contributed by atoms with Gasteiger partial charge in [0.2, 0.25) is 0 Å². The molecule has 0 heterocycles. The van der Waals surface area contributed by atoms with Crippen LogP contribution in [0.2, 0.25) is 0 Å². The van der Waals surface area contributed by atoms with Crippen LogP contribution in [0, 0.1) is 5.41 Å². The molecule has 18 heavy (non-hydrogen) atoms. The maximum atomic E-state index is 12.0. The third kappa shape index (κ3) is 2.96. The van der Waals surface area contributed by atoms with Crippen molar-refractivity contribution in [2.24, 2.45) is 5.41 Å². The molecule has 0 spiro atoms. The molecule has 0 unspecified atom stereocenters. The summed E-state index contributed by atoms with van der Waals surface area (Å²) in [6, 6.07) is 7.20. The second kappa shape index (κ2) is 6.10. The van der Waals surface area contributed by atoms with E-state index in [2.05, 4.69) is 12.2 Å². The predicted molar refractivity (Wildman–Crippen MR) is 77.0 cm³/mol. The summed E-state index contributed by atoms with van der Waals surface area (Å²) in [5, 5.41) is 3.01. The van der Waals surface area contributed by atoms with Crippen molar-refractivity contribution in [3.8, 4) is 0 Å². The van der Waals surface area contributed by atoms with Crippen LogP contribution in [0.4, 0.5) is 5.69 Å². The molecule has 1 aromatic carbocycles. The van der Waals surface area contributed by atoms with E-state index in [1.165, 1.54) is 19.3 Å². The van der Waals surface area contributed by atoms with Crippen molar-refractivity contribution in [3.05, 3.63) is 29.8 Å². The van der Waals surface area contributed by atoms with Gasteiger partial charge in [-0.25, -0.2) is 0 Å². The van der Waals surface area contributed by atoms with Gasteiger partial charge >= 0.3 is 0 Å². The number of hydrogen-bond acceptors (Lipinski definition) is 2. The van der Waals surface area contributed by atoms with Crippen LogP contribution in [0.5, 0.6) is 0 Å². The number of nitrogens with one attached hydrogen (secondary N) is 1. The van der Waals surface area contributed by atoms with Crippen molar-refractivity contribution in [2.45, 2.75) is 32.6 Å². The Morgan fingerprint density at radius 3 is 2.56 bits per heavy atom. The Morgan fingerprint density at radius 1 is 1.39 bits per heavy atom. The summed E-state index contributed by atoms with van der Waals surface area (Å²) in [4.78, 5) is 12.0. The summed E-state index contributed by atoms with van der Waals surface area (Å²) < 4.78 is 0. The monoisotopic (exact) mass is 268 g/mol. The Balaban J connectivity index is 0.00000162. The summed E-state index contributed by atoms with van der Waals surface area (Å²) >= 11 is 0. The number of anilines is 1. The van der Waals surface area contributed by atoms with E-state index < -0.39 is 0 Å². The van der Waals surface area contributed by atoms with Gasteiger partial charge in [0, 0.05) is 12.2 Å². The van der Waals surface area contributed by atoms with Crippen LogP contribution in [0.3, 0.4) is 0 Å². The fourth-order valence-corrected chi connectivity index (χ4v) is 2.40. The van der Waals surface area contributed by atoms with E-state index in [1.807, 2.05) is 12.1 Å². The molecule has 0 saturated heterocycles. The minimum Gasteiger partial charge on any atom is -0.398 e. The van der Waals surface area contributed by atoms with E-state index in [9.17, 15) is 4.79 Å². The lowest BCUT2D eigenvalue weighted by Gasteiger charge is -2.41. The third-order valence-corrected chi connectivity index (χ3v) is 3.99. The molecule has 0 aliphatic heterocycles. The van der Waals surface area contributed by atoms with Gasteiger partial charge < -0.3 is 11.1 Å². The van der Waals surface area contributed by atoms with E-state index in [4.69, 9.17) is 5.73 Å². The smallest absolute Gasteiger partial charge is 0.253 e. The van der Waals surface area contributed by atoms with Gasteiger partial charge in [-0.05, 0) is 36.8 Å². The van der Waals surface area contributed by atoms with Crippen LogP contribution in [0.15, 0.2) is 24.3 Å². The van der Waals surface area contributed by atoms with E-state index >= 15 is 0 Å². The van der Waals surface area contributed by atoms with Gasteiger partial charge in [0.15, 0.2) is 0 Å². The van der Waals surface area contributed by atoms with Crippen LogP contribution >= 0.6 is 12.4 Å². The van der Waals surface area contributed by atoms with Crippen LogP contribution in [0.25, 0.3) is 0 Å². The summed E-state index contributed by atoms with van der Waals surface area (Å²) in [6.45, 7) is 2.97. The maximum absolute atomic E-state index is 12.0. The van der Waals surface area contributed by atoms with Crippen molar-refractivity contribution in [1.29, 1.82) is 0 Å². The highest BCUT2D eigenvalue weighted by molar-refractivity contribution is 5.99. The average Bonchev–Trinajstić information content (AvgIpc) is 2.28. The highest BCUT2D eigenvalue weighted by Crippen LogP contribution is 2.43. The molecule has 3 N–H and O–H groups in total. The zero-order chi connectivity index (χ0) is 12.3. The van der Waals surface area contributed by atoms with Gasteiger partial charge in [-0.15, -0.1) is 12.4 Å². The van der Waals surface area contributed by atoms with E-state index in [0.717, 1.165) is 13.0 Å². The van der Waals surface area contributed by atoms with Crippen molar-refractivity contribution >= 4 is 24.0 Å². The van der Waals surface area contributed by atoms with Crippen molar-refractivity contribution in [2.75, 3.05) is 12.3 Å². The van der Waals surface area contributed by atoms with Crippen LogP contribution in [0.1, 0.15) is 43.0 Å². The van der Waals surface area contributed by atoms with E-state index in [1.54, 1.807) is 12.1 Å². The first-order chi connectivity index (χ1) is 8.17. The molecule has 1 aliphatic rings. The molecule has 2 rings (SSSR count). The number of nitrogens with two attached hydrogens (primary N) is 1. The average molecular weight is 269 g/mol. The molecule has 0 bridgehead atoms. The Labute approximate surface area is 115 Å². The molecule has 1 amide bonds. The standard InChI is InChI=1S/C14H20N2O.ClH/c1-2-14(8-5-9-14)10-16-13(17)11-6-3-4-7-12(11)15;/h3-4,6-7H,2,5,8-10,15H2,1H3,(H,16,17);1H. The molecule has 1 saturated carbocycles. The first kappa shape index (κ1) is 14.8. The van der Waals surface area contributed by atoms with Crippen LogP contribution in [-0.2, 0) is 0 Å². The Kier molecular flexibility index (Phi) is 5.03. The molecule has 1 fully saturated rings. The number of amides is 1. The zero-order valence-corrected chi connectivity index (χ0v) is 11.6. The number of nitrogen functional groups attached to an aromatic ring is 1. The largest absolute Gasteiger partial charge is 0.398 e. The molecule has 0 atom stereocenters. The molecule has 0 radical (unpaired) electrons. The number of carbonyl (C=O) groups excluding carboxylic acids is 1. The van der Waals surface area contributed by atoms with Gasteiger partial charge in [-0.1, -0.05) is 25.5 Å². The minimum absolute atomic E-state index is 0. The Bertz CT molecular complexity index is 411. The molecule has 100 valence electrons. The molecule has 1 aliphatic carbocycles. The Hall–Kier alpha value is -1.22. The van der Waals surface area contributed by atoms with Crippen molar-refractivity contribution in [1.82, 2.24) is 5.32 Å². The summed E-state index contributed by atoms with van der Waals surface area (Å²) in [6.07, 6.45) is 4.89. The Morgan fingerprint density at radius 2 is 2.06 bits per heavy atom. The van der Waals surface area contributed by atoms with Crippen LogP contribution < -0.4 is 11.1 Å². The normalized spacial score (nSPS) is 16.3. The number of carbonyl (C=O) groups is 1. The lowest BCUT2D eigenvalue weighted by atomic mass is 9.67. The summed E-state index contributed by atoms with van der Waals surface area (Å²) in [5.74, 6) is -0.0529. The molecular formula is C14H21ClN2O. The van der Waals surface area contributed by atoms with Gasteiger partial charge in [0.05, 0.1) is 5.56 Å². The zero-order valence-electron chi connectivity index (χ0n) is 10.7. The van der Waals surface area contributed by atoms with Gasteiger partial charge in [-0.3, -0.25) is 4.79 Å². The second-order valence-corrected chi connectivity index (χ2v) is 4.98. The quantitative estimate of drug-likeness (QED) is 0.825. The van der Waals surface area contributed by atoms with Crippen molar-refractivity contribution < 1.29 is 4.79 Å².